The number of carbonyl (C=O) groups excluding carboxylic acids is 1. The fourth-order valence-corrected chi connectivity index (χ4v) is 2.97. The lowest BCUT2D eigenvalue weighted by Crippen LogP contribution is -2.47. The number of alkyl carbamates (subject to hydrolysis) is 1. The van der Waals surface area contributed by atoms with Crippen LogP contribution in [-0.4, -0.2) is 55.4 Å². The van der Waals surface area contributed by atoms with Crippen molar-refractivity contribution >= 4 is 6.09 Å². The smallest absolute Gasteiger partial charge is 0.407 e. The van der Waals surface area contributed by atoms with Gasteiger partial charge in [0.15, 0.2) is 0 Å². The highest BCUT2D eigenvalue weighted by Gasteiger charge is 2.25. The van der Waals surface area contributed by atoms with E-state index in [4.69, 9.17) is 4.74 Å². The Morgan fingerprint density at radius 3 is 2.55 bits per heavy atom. The summed E-state index contributed by atoms with van der Waals surface area (Å²) >= 11 is 0. The molecule has 0 aromatic rings. The van der Waals surface area contributed by atoms with Crippen molar-refractivity contribution in [3.8, 4) is 0 Å². The van der Waals surface area contributed by atoms with Gasteiger partial charge in [0.05, 0.1) is 0 Å². The molecule has 1 unspecified atom stereocenters. The fourth-order valence-electron chi connectivity index (χ4n) is 2.97. The van der Waals surface area contributed by atoms with Gasteiger partial charge in [0.25, 0.3) is 0 Å². The van der Waals surface area contributed by atoms with Gasteiger partial charge in [-0.3, -0.25) is 0 Å². The summed E-state index contributed by atoms with van der Waals surface area (Å²) < 4.78 is 5.30. The molecule has 0 aliphatic carbocycles. The molecule has 1 atom stereocenters. The third-order valence-electron chi connectivity index (χ3n) is 3.99. The van der Waals surface area contributed by atoms with Crippen LogP contribution >= 0.6 is 0 Å². The number of likely N-dealkylation sites (tertiary alicyclic amines) is 1. The second-order valence-corrected chi connectivity index (χ2v) is 7.08. The summed E-state index contributed by atoms with van der Waals surface area (Å²) in [5, 5.41) is 6.41. The average molecular weight is 283 g/mol. The summed E-state index contributed by atoms with van der Waals surface area (Å²) in [5.41, 5.74) is -0.416. The normalized spacial score (nSPS) is 25.6. The summed E-state index contributed by atoms with van der Waals surface area (Å²) in [7, 11) is 0. The number of carbonyl (C=O) groups is 1. The fraction of sp³-hybridized carbons (Fsp3) is 0.933. The van der Waals surface area contributed by atoms with Crippen molar-refractivity contribution in [2.75, 3.05) is 32.7 Å². The second kappa shape index (κ2) is 6.76. The Kier molecular flexibility index (Phi) is 5.27. The zero-order valence-corrected chi connectivity index (χ0v) is 13.1. The predicted octanol–water partition coefficient (Wildman–Crippen LogP) is 1.59. The molecule has 20 heavy (non-hydrogen) atoms. The third kappa shape index (κ3) is 5.29. The molecule has 5 nitrogen and oxygen atoms in total. The lowest BCUT2D eigenvalue weighted by Gasteiger charge is -2.34. The van der Waals surface area contributed by atoms with E-state index >= 15 is 0 Å². The Morgan fingerprint density at radius 2 is 2.00 bits per heavy atom. The van der Waals surface area contributed by atoms with Crippen molar-refractivity contribution in [2.24, 2.45) is 5.92 Å². The Bertz CT molecular complexity index is 314. The topological polar surface area (TPSA) is 53.6 Å². The molecule has 2 N–H and O–H groups in total. The Balaban J connectivity index is 1.64. The molecule has 0 radical (unpaired) electrons. The monoisotopic (exact) mass is 283 g/mol. The lowest BCUT2D eigenvalue weighted by molar-refractivity contribution is 0.0476. The van der Waals surface area contributed by atoms with E-state index in [0.717, 1.165) is 38.4 Å². The molecular weight excluding hydrogens is 254 g/mol. The first-order chi connectivity index (χ1) is 9.42. The predicted molar refractivity (Wildman–Crippen MR) is 79.8 cm³/mol. The summed E-state index contributed by atoms with van der Waals surface area (Å²) in [6.07, 6.45) is 3.07. The van der Waals surface area contributed by atoms with Gasteiger partial charge in [-0.1, -0.05) is 0 Å². The van der Waals surface area contributed by atoms with Crippen LogP contribution in [0.3, 0.4) is 0 Å². The van der Waals surface area contributed by atoms with Crippen molar-refractivity contribution in [3.05, 3.63) is 0 Å². The molecule has 2 saturated heterocycles. The van der Waals surface area contributed by atoms with Gasteiger partial charge in [-0.05, 0) is 59.0 Å². The minimum atomic E-state index is -0.416. The minimum absolute atomic E-state index is 0.266. The Morgan fingerprint density at radius 1 is 1.30 bits per heavy atom. The van der Waals surface area contributed by atoms with E-state index in [-0.39, 0.29) is 12.1 Å². The minimum Gasteiger partial charge on any atom is -0.444 e. The molecule has 2 aliphatic heterocycles. The van der Waals surface area contributed by atoms with Crippen LogP contribution in [0.5, 0.6) is 0 Å². The first kappa shape index (κ1) is 15.6. The van der Waals surface area contributed by atoms with E-state index in [1.54, 1.807) is 0 Å². The summed E-state index contributed by atoms with van der Waals surface area (Å²) in [6.45, 7) is 11.4. The van der Waals surface area contributed by atoms with Crippen LogP contribution in [0, 0.1) is 5.92 Å². The maximum atomic E-state index is 11.7. The van der Waals surface area contributed by atoms with Crippen molar-refractivity contribution in [1.82, 2.24) is 15.5 Å². The number of nitrogens with zero attached hydrogens (tertiary/aromatic N) is 1. The van der Waals surface area contributed by atoms with E-state index in [1.165, 1.54) is 19.5 Å². The highest BCUT2D eigenvalue weighted by Crippen LogP contribution is 2.16. The number of hydrogen-bond donors (Lipinski definition) is 2. The maximum absolute atomic E-state index is 11.7. The van der Waals surface area contributed by atoms with Crippen molar-refractivity contribution < 1.29 is 9.53 Å². The highest BCUT2D eigenvalue weighted by atomic mass is 16.6. The molecule has 2 fully saturated rings. The van der Waals surface area contributed by atoms with Crippen molar-refractivity contribution in [1.29, 1.82) is 0 Å². The lowest BCUT2D eigenvalue weighted by atomic mass is 10.0. The van der Waals surface area contributed by atoms with Crippen LogP contribution in [-0.2, 0) is 4.74 Å². The summed E-state index contributed by atoms with van der Waals surface area (Å²) in [4.78, 5) is 14.3. The van der Waals surface area contributed by atoms with Gasteiger partial charge in [0, 0.05) is 25.7 Å². The van der Waals surface area contributed by atoms with Gasteiger partial charge in [-0.2, -0.15) is 0 Å². The zero-order valence-electron chi connectivity index (χ0n) is 13.1. The van der Waals surface area contributed by atoms with E-state index in [1.807, 2.05) is 20.8 Å². The third-order valence-corrected chi connectivity index (χ3v) is 3.99. The van der Waals surface area contributed by atoms with Gasteiger partial charge in [0.1, 0.15) is 5.60 Å². The molecule has 0 aromatic carbocycles. The van der Waals surface area contributed by atoms with Crippen molar-refractivity contribution in [2.45, 2.75) is 51.7 Å². The number of ether oxygens (including phenoxy) is 1. The maximum Gasteiger partial charge on any atom is 0.407 e. The van der Waals surface area contributed by atoms with Gasteiger partial charge in [-0.15, -0.1) is 0 Å². The molecular formula is C15H29N3O2. The SMILES string of the molecule is CC(C)(C)OC(=O)NC1CCN(CC2CCNC2)CC1. The number of amides is 1. The summed E-state index contributed by atoms with van der Waals surface area (Å²) in [6, 6.07) is 0.266. The zero-order chi connectivity index (χ0) is 14.6. The standard InChI is InChI=1S/C15H29N3O2/c1-15(2,3)20-14(19)17-13-5-8-18(9-6-13)11-12-4-7-16-10-12/h12-13,16H,4-11H2,1-3H3,(H,17,19). The number of rotatable bonds is 3. The second-order valence-electron chi connectivity index (χ2n) is 7.08. The first-order valence-corrected chi connectivity index (χ1v) is 7.85. The van der Waals surface area contributed by atoms with Crippen LogP contribution < -0.4 is 10.6 Å². The molecule has 2 aliphatic rings. The quantitative estimate of drug-likeness (QED) is 0.826. The van der Waals surface area contributed by atoms with Gasteiger partial charge in [-0.25, -0.2) is 4.79 Å². The molecule has 0 saturated carbocycles. The van der Waals surface area contributed by atoms with Gasteiger partial charge < -0.3 is 20.3 Å². The van der Waals surface area contributed by atoms with E-state index in [0.29, 0.717) is 0 Å². The van der Waals surface area contributed by atoms with Gasteiger partial charge in [0.2, 0.25) is 0 Å². The number of piperidine rings is 1. The van der Waals surface area contributed by atoms with E-state index in [9.17, 15) is 4.79 Å². The average Bonchev–Trinajstić information content (AvgIpc) is 2.82. The van der Waals surface area contributed by atoms with E-state index in [2.05, 4.69) is 15.5 Å². The van der Waals surface area contributed by atoms with Crippen LogP contribution in [0.25, 0.3) is 0 Å². The van der Waals surface area contributed by atoms with Crippen molar-refractivity contribution in [3.63, 3.8) is 0 Å². The molecule has 0 spiro atoms. The molecule has 0 bridgehead atoms. The first-order valence-electron chi connectivity index (χ1n) is 7.85. The molecule has 0 aromatic heterocycles. The number of nitrogens with one attached hydrogen (secondary N) is 2. The molecule has 2 rings (SSSR count). The molecule has 1 amide bonds. The van der Waals surface area contributed by atoms with Crippen LogP contribution in [0.1, 0.15) is 40.0 Å². The Labute approximate surface area is 122 Å². The molecule has 5 heteroatoms. The number of hydrogen-bond acceptors (Lipinski definition) is 4. The molecule has 2 heterocycles. The van der Waals surface area contributed by atoms with Gasteiger partial charge >= 0.3 is 6.09 Å². The van der Waals surface area contributed by atoms with Crippen LogP contribution in [0.4, 0.5) is 4.79 Å². The molecule has 116 valence electrons. The summed E-state index contributed by atoms with van der Waals surface area (Å²) in [5.74, 6) is 0.811. The van der Waals surface area contributed by atoms with E-state index < -0.39 is 5.60 Å². The van der Waals surface area contributed by atoms with Crippen LogP contribution in [0.15, 0.2) is 0 Å². The Hall–Kier alpha value is -0.810. The largest absolute Gasteiger partial charge is 0.444 e. The highest BCUT2D eigenvalue weighted by molar-refractivity contribution is 5.68. The van der Waals surface area contributed by atoms with Crippen LogP contribution in [0.2, 0.25) is 0 Å².